The molecular weight excluding hydrogens is 462 g/mol. The number of hydrogen-bond acceptors (Lipinski definition) is 8. The Labute approximate surface area is 193 Å². The highest BCUT2D eigenvalue weighted by Crippen LogP contribution is 2.27. The third kappa shape index (κ3) is 4.84. The molecule has 0 aliphatic heterocycles. The third-order valence-corrected chi connectivity index (χ3v) is 5.67. The van der Waals surface area contributed by atoms with Gasteiger partial charge in [-0.2, -0.15) is 18.6 Å². The zero-order valence-electron chi connectivity index (χ0n) is 18.0. The van der Waals surface area contributed by atoms with Crippen molar-refractivity contribution in [2.24, 2.45) is 17.3 Å². The van der Waals surface area contributed by atoms with E-state index in [-0.39, 0.29) is 22.9 Å². The molecular formula is C21H18N7O5S+. The third-order valence-electron chi connectivity index (χ3n) is 4.79. The Balaban J connectivity index is 1.72. The summed E-state index contributed by atoms with van der Waals surface area (Å²) in [4.78, 5) is 12.4. The van der Waals surface area contributed by atoms with Crippen molar-refractivity contribution in [1.82, 2.24) is 15.0 Å². The molecule has 0 amide bonds. The summed E-state index contributed by atoms with van der Waals surface area (Å²) in [5.41, 5.74) is 2.27. The van der Waals surface area contributed by atoms with Gasteiger partial charge < -0.3 is 0 Å². The molecule has 34 heavy (non-hydrogen) atoms. The van der Waals surface area contributed by atoms with Gasteiger partial charge in [-0.15, -0.1) is 0 Å². The largest absolute Gasteiger partial charge is 0.339 e. The average molecular weight is 480 g/mol. The minimum atomic E-state index is -4.66. The van der Waals surface area contributed by atoms with Crippen LogP contribution in [0.2, 0.25) is 0 Å². The highest BCUT2D eigenvalue weighted by Gasteiger charge is 2.26. The minimum Gasteiger partial charge on any atom is -0.282 e. The number of nitro benzene ring substituents is 1. The number of tetrazole rings is 1. The van der Waals surface area contributed by atoms with Gasteiger partial charge in [0.25, 0.3) is 15.8 Å². The number of nitro groups is 1. The molecule has 1 aromatic heterocycles. The van der Waals surface area contributed by atoms with Gasteiger partial charge in [-0.1, -0.05) is 22.5 Å². The van der Waals surface area contributed by atoms with Crippen molar-refractivity contribution in [2.75, 3.05) is 0 Å². The van der Waals surface area contributed by atoms with Crippen molar-refractivity contribution in [3.63, 3.8) is 0 Å². The second kappa shape index (κ2) is 8.88. The summed E-state index contributed by atoms with van der Waals surface area (Å²) >= 11 is 0. The molecule has 172 valence electrons. The molecule has 0 unspecified atom stereocenters. The first kappa shape index (κ1) is 22.8. The summed E-state index contributed by atoms with van der Waals surface area (Å²) in [6.45, 7) is 1.94. The van der Waals surface area contributed by atoms with E-state index in [2.05, 4.69) is 20.4 Å². The van der Waals surface area contributed by atoms with Gasteiger partial charge in [0.05, 0.1) is 27.0 Å². The summed E-state index contributed by atoms with van der Waals surface area (Å²) in [5.74, 6) is 0.196. The molecule has 1 N–H and O–H groups in total. The van der Waals surface area contributed by atoms with Crippen molar-refractivity contribution < 1.29 is 22.7 Å². The van der Waals surface area contributed by atoms with Gasteiger partial charge in [0.1, 0.15) is 11.9 Å². The van der Waals surface area contributed by atoms with Crippen LogP contribution in [0.3, 0.4) is 0 Å². The predicted octanol–water partition coefficient (Wildman–Crippen LogP) is 3.64. The molecule has 0 bridgehead atoms. The van der Waals surface area contributed by atoms with Crippen molar-refractivity contribution >= 4 is 27.2 Å². The topological polar surface area (TPSA) is 157 Å². The number of aryl methyl sites for hydroxylation is 2. The number of aromatic nitrogens is 4. The molecule has 4 aromatic rings. The number of non-ortho nitro benzene ring substituents is 1. The highest BCUT2D eigenvalue weighted by atomic mass is 32.2. The van der Waals surface area contributed by atoms with Crippen molar-refractivity contribution in [1.29, 1.82) is 0 Å². The fourth-order valence-corrected chi connectivity index (χ4v) is 3.76. The zero-order chi connectivity index (χ0) is 24.5. The Bertz CT molecular complexity index is 1510. The second-order valence-electron chi connectivity index (χ2n) is 7.27. The Kier molecular flexibility index (Phi) is 5.96. The van der Waals surface area contributed by atoms with E-state index in [9.17, 15) is 23.1 Å². The Morgan fingerprint density at radius 3 is 2.24 bits per heavy atom. The lowest BCUT2D eigenvalue weighted by Crippen LogP contribution is -2.41. The van der Waals surface area contributed by atoms with Crippen LogP contribution in [0.1, 0.15) is 5.56 Å². The van der Waals surface area contributed by atoms with Crippen molar-refractivity contribution in [3.8, 4) is 17.1 Å². The zero-order valence-corrected chi connectivity index (χ0v) is 18.8. The molecule has 13 heteroatoms. The maximum absolute atomic E-state index is 12.1. The molecule has 0 radical (unpaired) electrons. The smallest absolute Gasteiger partial charge is 0.282 e. The molecule has 12 nitrogen and oxygen atoms in total. The van der Waals surface area contributed by atoms with E-state index in [4.69, 9.17) is 0 Å². The van der Waals surface area contributed by atoms with Crippen LogP contribution >= 0.6 is 0 Å². The van der Waals surface area contributed by atoms with Crippen LogP contribution in [0, 0.1) is 17.0 Å². The first-order valence-electron chi connectivity index (χ1n) is 9.80. The number of benzene rings is 3. The van der Waals surface area contributed by atoms with Gasteiger partial charge in [0.15, 0.2) is 5.69 Å². The van der Waals surface area contributed by atoms with Crippen LogP contribution in [0.4, 0.5) is 17.1 Å². The maximum Gasteiger partial charge on any atom is 0.339 e. The molecule has 0 aliphatic carbocycles. The van der Waals surface area contributed by atoms with Gasteiger partial charge >= 0.3 is 5.82 Å². The van der Waals surface area contributed by atoms with Crippen LogP contribution < -0.4 is 4.80 Å². The molecule has 0 saturated heterocycles. The van der Waals surface area contributed by atoms with E-state index >= 15 is 0 Å². The summed E-state index contributed by atoms with van der Waals surface area (Å²) < 4.78 is 34.1. The standard InChI is InChI=1S/C21H17N7O5S/c1-14-3-7-16(8-4-14)22-23-17-9-12-19(20(13-17)34(31,32)33)27-25-21(24-26(27)2)15-5-10-18(11-6-15)28(29)30/h3-13H,1-2H3/p+1. The quantitative estimate of drug-likeness (QED) is 0.145. The summed E-state index contributed by atoms with van der Waals surface area (Å²) in [7, 11) is -3.13. The van der Waals surface area contributed by atoms with Gasteiger partial charge in [-0.25, -0.2) is 0 Å². The van der Waals surface area contributed by atoms with Crippen LogP contribution in [0.15, 0.2) is 81.9 Å². The SMILES string of the molecule is Cc1ccc(N=Nc2ccc(-n3nc(-c4ccc([N+](=O)[O-])cc4)n[n+]3C)c(S(=O)(=O)O)c2)cc1. The molecule has 0 saturated carbocycles. The van der Waals surface area contributed by atoms with E-state index < -0.39 is 19.9 Å². The molecule has 4 rings (SSSR count). The minimum absolute atomic E-state index is 0.0277. The van der Waals surface area contributed by atoms with Crippen LogP contribution in [-0.2, 0) is 17.2 Å². The molecule has 0 spiro atoms. The van der Waals surface area contributed by atoms with E-state index in [1.807, 2.05) is 19.1 Å². The molecule has 0 fully saturated rings. The highest BCUT2D eigenvalue weighted by molar-refractivity contribution is 7.86. The van der Waals surface area contributed by atoms with Gasteiger partial charge in [-0.05, 0) is 54.5 Å². The molecule has 3 aromatic carbocycles. The first-order chi connectivity index (χ1) is 16.1. The average Bonchev–Trinajstić information content (AvgIpc) is 3.19. The Morgan fingerprint density at radius 2 is 1.62 bits per heavy atom. The van der Waals surface area contributed by atoms with E-state index in [1.54, 1.807) is 12.1 Å². The lowest BCUT2D eigenvalue weighted by atomic mass is 10.2. The number of rotatable bonds is 6. The van der Waals surface area contributed by atoms with Crippen LogP contribution in [0.5, 0.6) is 0 Å². The summed E-state index contributed by atoms with van der Waals surface area (Å²) in [6, 6.07) is 17.0. The first-order valence-corrected chi connectivity index (χ1v) is 11.2. The number of azo groups is 1. The van der Waals surface area contributed by atoms with E-state index in [0.717, 1.165) is 5.56 Å². The Hall–Kier alpha value is -4.36. The predicted molar refractivity (Wildman–Crippen MR) is 120 cm³/mol. The Morgan fingerprint density at radius 1 is 1.00 bits per heavy atom. The lowest BCUT2D eigenvalue weighted by Gasteiger charge is -2.04. The monoisotopic (exact) mass is 480 g/mol. The van der Waals surface area contributed by atoms with Crippen LogP contribution in [0.25, 0.3) is 17.1 Å². The van der Waals surface area contributed by atoms with Gasteiger partial charge in [-0.3, -0.25) is 14.7 Å². The second-order valence-corrected chi connectivity index (χ2v) is 8.66. The van der Waals surface area contributed by atoms with Crippen molar-refractivity contribution in [3.05, 3.63) is 82.4 Å². The fourth-order valence-electron chi connectivity index (χ4n) is 3.08. The fraction of sp³-hybridized carbons (Fsp3) is 0.0952. The summed E-state index contributed by atoms with van der Waals surface area (Å²) in [5, 5.41) is 27.5. The molecule has 0 aliphatic rings. The summed E-state index contributed by atoms with van der Waals surface area (Å²) in [6.07, 6.45) is 0. The van der Waals surface area contributed by atoms with Gasteiger partial charge in [0, 0.05) is 16.9 Å². The van der Waals surface area contributed by atoms with Crippen molar-refractivity contribution in [2.45, 2.75) is 11.8 Å². The lowest BCUT2D eigenvalue weighted by molar-refractivity contribution is -0.800. The maximum atomic E-state index is 12.1. The number of hydrogen-bond donors (Lipinski definition) is 1. The molecule has 0 atom stereocenters. The van der Waals surface area contributed by atoms with E-state index in [1.165, 1.54) is 59.1 Å². The van der Waals surface area contributed by atoms with Gasteiger partial charge in [0.2, 0.25) is 0 Å². The molecule has 1 heterocycles. The number of nitrogens with zero attached hydrogens (tertiary/aromatic N) is 7. The van der Waals surface area contributed by atoms with Crippen LogP contribution in [-0.4, -0.2) is 32.9 Å². The van der Waals surface area contributed by atoms with E-state index in [0.29, 0.717) is 11.3 Å². The normalized spacial score (nSPS) is 11.7.